The fraction of sp³-hybridized carbons (Fsp3) is 1.00. The highest BCUT2D eigenvalue weighted by molar-refractivity contribution is 8.06. The van der Waals surface area contributed by atoms with Crippen LogP contribution in [0.15, 0.2) is 0 Å². The Morgan fingerprint density at radius 1 is 0.321 bits per heavy atom. The van der Waals surface area contributed by atoms with E-state index < -0.39 is 82.5 Å². The maximum Gasteiger partial charge on any atom is 0.475 e. The smallest absolute Gasteiger partial charge is 0.325 e. The summed E-state index contributed by atoms with van der Waals surface area (Å²) in [6, 6.07) is 0. The minimum absolute atomic E-state index is 0.300. The lowest BCUT2D eigenvalue weighted by atomic mass is 9.85. The maximum absolute atomic E-state index is 14.3. The molecule has 1 aliphatic rings. The van der Waals surface area contributed by atoms with Crippen LogP contribution in [0, 0.1) is 0 Å². The molecule has 1 rings (SSSR count). The van der Waals surface area contributed by atoms with Crippen LogP contribution in [0.2, 0.25) is 0 Å². The molecule has 1 aliphatic carbocycles. The summed E-state index contributed by atoms with van der Waals surface area (Å²) in [6.45, 7) is 6.32. The zero-order valence-electron chi connectivity index (χ0n) is 33.1. The van der Waals surface area contributed by atoms with E-state index in [1.807, 2.05) is 0 Å². The highest BCUT2D eigenvalue weighted by Crippen LogP contribution is 2.64. The van der Waals surface area contributed by atoms with E-state index in [-0.39, 0.29) is 66.1 Å². The maximum atomic E-state index is 14.3. The molecule has 0 saturated heterocycles. The van der Waals surface area contributed by atoms with Gasteiger partial charge < -0.3 is 9.79 Å². The third-order valence-electron chi connectivity index (χ3n) is 6.33. The molecule has 0 aromatic rings. The minimum Gasteiger partial charge on any atom is -0.325 e. The molecule has 0 radical (unpaired) electrons. The zero-order chi connectivity index (χ0) is 42.8. The van der Waals surface area contributed by atoms with Crippen LogP contribution in [0.5, 0.6) is 0 Å². The van der Waals surface area contributed by atoms with E-state index in [1.54, 1.807) is 0 Å². The fourth-order valence-corrected chi connectivity index (χ4v) is 12.5. The van der Waals surface area contributed by atoms with Crippen molar-refractivity contribution in [1.29, 1.82) is 0 Å². The molecular weight excluding hydrogens is 898 g/mol. The third kappa shape index (κ3) is 17.8. The summed E-state index contributed by atoms with van der Waals surface area (Å²) in [6.07, 6.45) is -13.7. The standard InChI is InChI=1S/C26H58O23P6S/c1-11-34-51(29,35-12-2)45-22-21(44-50(27,28)56)23(46-52(30,36-13-3)37-14-4)25(48-54(32,40-17-7)41-18-8)26(49-55(33,42-19-9)43-20-10)24(22)47-53(31,38-15-5)39-16-6/h21-26H,11-20H2,1-10H3,(H2,27,28,56)/t21?,22-,23-,24-,25+,26?/m0/s1. The quantitative estimate of drug-likeness (QED) is 0.0620. The van der Waals surface area contributed by atoms with E-state index >= 15 is 0 Å². The Kier molecular flexibility index (Phi) is 25.5. The summed E-state index contributed by atoms with van der Waals surface area (Å²) < 4.78 is 160. The molecule has 23 nitrogen and oxygen atoms in total. The van der Waals surface area contributed by atoms with E-state index in [0.717, 1.165) is 0 Å². The molecule has 0 aromatic heterocycles. The van der Waals surface area contributed by atoms with Gasteiger partial charge in [-0.15, -0.1) is 0 Å². The topological polar surface area (TPSA) is 273 Å². The first-order valence-electron chi connectivity index (χ1n) is 17.8. The molecule has 0 amide bonds. The Bertz CT molecular complexity index is 1310. The van der Waals surface area contributed by atoms with Crippen molar-refractivity contribution >= 4 is 57.6 Å². The zero-order valence-corrected chi connectivity index (χ0v) is 39.3. The number of phosphoric ester groups is 5. The normalized spacial score (nSPS) is 23.1. The molecule has 1 saturated carbocycles. The van der Waals surface area contributed by atoms with Crippen LogP contribution < -0.4 is 0 Å². The van der Waals surface area contributed by atoms with E-state index in [0.29, 0.717) is 0 Å². The first-order valence-corrected chi connectivity index (χ1v) is 27.7. The van der Waals surface area contributed by atoms with Crippen molar-refractivity contribution in [3.05, 3.63) is 0 Å². The van der Waals surface area contributed by atoms with Gasteiger partial charge in [-0.1, -0.05) is 0 Å². The van der Waals surface area contributed by atoms with Gasteiger partial charge in [0.1, 0.15) is 36.6 Å². The Balaban J connectivity index is 4.69. The summed E-state index contributed by atoms with van der Waals surface area (Å²) >= 11 is 4.83. The largest absolute Gasteiger partial charge is 0.475 e. The van der Waals surface area contributed by atoms with Crippen LogP contribution >= 0.6 is 45.8 Å². The predicted octanol–water partition coefficient (Wildman–Crippen LogP) is 7.43. The molecule has 56 heavy (non-hydrogen) atoms. The Labute approximate surface area is 333 Å². The van der Waals surface area contributed by atoms with Crippen LogP contribution in [0.4, 0.5) is 0 Å². The molecule has 2 N–H and O–H groups in total. The van der Waals surface area contributed by atoms with Crippen LogP contribution in [0.25, 0.3) is 0 Å². The summed E-state index contributed by atoms with van der Waals surface area (Å²) in [7, 11) is -24.2. The van der Waals surface area contributed by atoms with Gasteiger partial charge in [-0.25, -0.2) is 22.8 Å². The minimum atomic E-state index is -4.98. The molecule has 0 heterocycles. The molecule has 0 aromatic carbocycles. The van der Waals surface area contributed by atoms with Gasteiger partial charge in [-0.3, -0.25) is 72.4 Å². The van der Waals surface area contributed by atoms with E-state index in [1.165, 1.54) is 69.2 Å². The second kappa shape index (κ2) is 25.9. The van der Waals surface area contributed by atoms with Gasteiger partial charge in [0.15, 0.2) is 0 Å². The van der Waals surface area contributed by atoms with Gasteiger partial charge >= 0.3 is 45.8 Å². The number of hydrogen-bond acceptors (Lipinski definition) is 22. The first kappa shape index (κ1) is 55.1. The Morgan fingerprint density at radius 3 is 0.554 bits per heavy atom. The van der Waals surface area contributed by atoms with Gasteiger partial charge in [0.05, 0.1) is 66.1 Å². The Hall–Kier alpha value is 1.08. The van der Waals surface area contributed by atoms with Gasteiger partial charge in [0.2, 0.25) is 0 Å². The van der Waals surface area contributed by atoms with Crippen LogP contribution in [0.1, 0.15) is 69.2 Å². The second-order valence-corrected chi connectivity index (χ2v) is 21.1. The van der Waals surface area contributed by atoms with Gasteiger partial charge in [-0.2, -0.15) is 0 Å². The van der Waals surface area contributed by atoms with Crippen molar-refractivity contribution in [3.8, 4) is 0 Å². The SMILES string of the molecule is CCOP(=O)(OCC)OC1[C@@H](OP(=O)(OCC)OCC)[C@@H](OP(=O)(OCC)OCC)C(OP(O)(O)=S)[C@H](OP(=O)(OCC)OCC)[C@H]1OP(=O)(OCC)OCC. The van der Waals surface area contributed by atoms with E-state index in [2.05, 4.69) is 0 Å². The second-order valence-electron chi connectivity index (χ2n) is 10.3. The highest BCUT2D eigenvalue weighted by Gasteiger charge is 2.64. The van der Waals surface area contributed by atoms with E-state index in [4.69, 9.17) is 84.2 Å². The predicted molar refractivity (Wildman–Crippen MR) is 202 cm³/mol. The number of phosphoric acid groups is 5. The molecule has 0 spiro atoms. The lowest BCUT2D eigenvalue weighted by molar-refractivity contribution is -0.205. The Morgan fingerprint density at radius 2 is 0.446 bits per heavy atom. The fourth-order valence-electron chi connectivity index (χ4n) is 4.82. The molecule has 6 atom stereocenters. The molecule has 0 bridgehead atoms. The monoisotopic (exact) mass is 956 g/mol. The van der Waals surface area contributed by atoms with Gasteiger partial charge in [0, 0.05) is 0 Å². The average Bonchev–Trinajstić information content (AvgIpc) is 3.06. The summed E-state index contributed by atoms with van der Waals surface area (Å²) in [5.74, 6) is 0. The highest BCUT2D eigenvalue weighted by atomic mass is 32.5. The van der Waals surface area contributed by atoms with Gasteiger partial charge in [0.25, 0.3) is 0 Å². The molecule has 0 aliphatic heterocycles. The molecule has 2 unspecified atom stereocenters. The summed E-state index contributed by atoms with van der Waals surface area (Å²) in [5.41, 5.74) is 0. The summed E-state index contributed by atoms with van der Waals surface area (Å²) in [4.78, 5) is 21.3. The molecule has 30 heteroatoms. The van der Waals surface area contributed by atoms with Crippen molar-refractivity contribution in [1.82, 2.24) is 0 Å². The van der Waals surface area contributed by atoms with Crippen molar-refractivity contribution < 1.29 is 105 Å². The van der Waals surface area contributed by atoms with Crippen molar-refractivity contribution in [2.75, 3.05) is 66.1 Å². The van der Waals surface area contributed by atoms with Crippen molar-refractivity contribution in [2.24, 2.45) is 0 Å². The summed E-state index contributed by atoms with van der Waals surface area (Å²) in [5, 5.41) is 0. The lowest BCUT2D eigenvalue weighted by Gasteiger charge is -2.50. The van der Waals surface area contributed by atoms with Crippen molar-refractivity contribution in [3.63, 3.8) is 0 Å². The van der Waals surface area contributed by atoms with Crippen molar-refractivity contribution in [2.45, 2.75) is 106 Å². The van der Waals surface area contributed by atoms with Crippen LogP contribution in [0.3, 0.4) is 0 Å². The van der Waals surface area contributed by atoms with Crippen LogP contribution in [-0.4, -0.2) is 112 Å². The average molecular weight is 957 g/mol. The molecular formula is C26H58O23P6S. The number of rotatable bonds is 32. The van der Waals surface area contributed by atoms with E-state index in [9.17, 15) is 32.6 Å². The molecule has 336 valence electrons. The third-order valence-corrected chi connectivity index (χ3v) is 15.4. The molecule has 1 fully saturated rings. The number of hydrogen-bond donors (Lipinski definition) is 2. The van der Waals surface area contributed by atoms with Crippen LogP contribution in [-0.2, 0) is 107 Å². The first-order chi connectivity index (χ1) is 26.2. The van der Waals surface area contributed by atoms with Gasteiger partial charge in [-0.05, 0) is 81.0 Å². The lowest BCUT2D eigenvalue weighted by Crippen LogP contribution is -2.66.